The summed E-state index contributed by atoms with van der Waals surface area (Å²) >= 11 is 0. The van der Waals surface area contributed by atoms with Crippen molar-refractivity contribution in [1.82, 2.24) is 15.2 Å². The summed E-state index contributed by atoms with van der Waals surface area (Å²) in [5.41, 5.74) is 8.67. The van der Waals surface area contributed by atoms with Crippen LogP contribution in [0.1, 0.15) is 18.1 Å². The van der Waals surface area contributed by atoms with Gasteiger partial charge in [-0.05, 0) is 43.2 Å². The fourth-order valence-electron chi connectivity index (χ4n) is 3.04. The molecule has 3 aromatic carbocycles. The van der Waals surface area contributed by atoms with E-state index in [-0.39, 0.29) is 5.75 Å². The zero-order valence-electron chi connectivity index (χ0n) is 16.7. The molecule has 0 aliphatic heterocycles. The summed E-state index contributed by atoms with van der Waals surface area (Å²) in [4.78, 5) is 4.68. The van der Waals surface area contributed by atoms with Crippen LogP contribution >= 0.6 is 0 Å². The van der Waals surface area contributed by atoms with Crippen molar-refractivity contribution in [3.63, 3.8) is 0 Å². The summed E-state index contributed by atoms with van der Waals surface area (Å²) in [6, 6.07) is 25.1. The number of nitrogens with one attached hydrogen (secondary N) is 1. The average Bonchev–Trinajstić information content (AvgIpc) is 2.80. The van der Waals surface area contributed by atoms with Crippen molar-refractivity contribution in [2.24, 2.45) is 5.10 Å². The van der Waals surface area contributed by atoms with Crippen LogP contribution in [0.3, 0.4) is 0 Å². The van der Waals surface area contributed by atoms with E-state index < -0.39 is 0 Å². The van der Waals surface area contributed by atoms with Crippen molar-refractivity contribution in [2.45, 2.75) is 13.8 Å². The van der Waals surface area contributed by atoms with Crippen LogP contribution in [-0.2, 0) is 0 Å². The van der Waals surface area contributed by atoms with Gasteiger partial charge in [0.15, 0.2) is 0 Å². The molecule has 4 aromatic rings. The van der Waals surface area contributed by atoms with Crippen molar-refractivity contribution in [1.29, 1.82) is 0 Å². The van der Waals surface area contributed by atoms with Gasteiger partial charge in [-0.25, -0.2) is 10.4 Å². The number of benzene rings is 3. The number of phenolic OH excluding ortho intramolecular Hbond substituents is 1. The normalized spacial score (nSPS) is 11.3. The van der Waals surface area contributed by atoms with Gasteiger partial charge in [0, 0.05) is 11.1 Å². The molecule has 0 aliphatic rings. The number of hydrogen-bond acceptors (Lipinski definition) is 6. The van der Waals surface area contributed by atoms with Gasteiger partial charge < -0.3 is 5.11 Å². The van der Waals surface area contributed by atoms with E-state index in [1.54, 1.807) is 6.07 Å². The van der Waals surface area contributed by atoms with E-state index in [1.165, 1.54) is 0 Å². The molecule has 0 amide bonds. The van der Waals surface area contributed by atoms with Gasteiger partial charge in [0.1, 0.15) is 17.1 Å². The Kier molecular flexibility index (Phi) is 5.48. The molecule has 6 nitrogen and oxygen atoms in total. The first kappa shape index (κ1) is 19.3. The Hall–Kier alpha value is -4.06. The van der Waals surface area contributed by atoms with Crippen molar-refractivity contribution < 1.29 is 5.11 Å². The number of phenols is 1. The summed E-state index contributed by atoms with van der Waals surface area (Å²) in [7, 11) is 0. The molecule has 6 heteroatoms. The fraction of sp³-hybridized carbons (Fsp3) is 0.0833. The molecule has 0 spiro atoms. The van der Waals surface area contributed by atoms with E-state index >= 15 is 0 Å². The second kappa shape index (κ2) is 8.53. The predicted molar refractivity (Wildman–Crippen MR) is 119 cm³/mol. The molecule has 0 saturated heterocycles. The third kappa shape index (κ3) is 4.17. The largest absolute Gasteiger partial charge is 0.508 e. The highest BCUT2D eigenvalue weighted by Crippen LogP contribution is 2.28. The predicted octanol–water partition coefficient (Wildman–Crippen LogP) is 5.06. The molecule has 0 aliphatic carbocycles. The maximum atomic E-state index is 9.71. The molecule has 0 bridgehead atoms. The number of aromatic hydroxyl groups is 1. The maximum Gasteiger partial charge on any atom is 0.263 e. The van der Waals surface area contributed by atoms with Crippen LogP contribution in [0.5, 0.6) is 5.75 Å². The molecule has 2 N–H and O–H groups in total. The number of hydrazone groups is 1. The summed E-state index contributed by atoms with van der Waals surface area (Å²) in [6.45, 7) is 3.73. The minimum absolute atomic E-state index is 0.260. The minimum atomic E-state index is 0.260. The smallest absolute Gasteiger partial charge is 0.263 e. The van der Waals surface area contributed by atoms with Gasteiger partial charge in [0.2, 0.25) is 0 Å². The topological polar surface area (TPSA) is 83.3 Å². The zero-order chi connectivity index (χ0) is 20.9. The molecular formula is C24H21N5O. The fourth-order valence-corrected chi connectivity index (χ4v) is 3.04. The lowest BCUT2D eigenvalue weighted by Gasteiger charge is -2.10. The molecule has 1 heterocycles. The Balaban J connectivity index is 1.68. The molecular weight excluding hydrogens is 374 g/mol. The van der Waals surface area contributed by atoms with Crippen molar-refractivity contribution in [2.75, 3.05) is 5.43 Å². The second-order valence-corrected chi connectivity index (χ2v) is 6.87. The van der Waals surface area contributed by atoms with Crippen molar-refractivity contribution >= 4 is 11.7 Å². The SMILES string of the molecule is CC(=NNc1nnc(-c2ccccc2)c(-c2ccccc2)n1)c1ccc(O)c(C)c1. The summed E-state index contributed by atoms with van der Waals surface area (Å²) < 4.78 is 0. The Bertz CT molecular complexity index is 1190. The average molecular weight is 395 g/mol. The Morgan fingerprint density at radius 1 is 0.833 bits per heavy atom. The molecule has 0 unspecified atom stereocenters. The van der Waals surface area contributed by atoms with Crippen LogP contribution < -0.4 is 5.43 Å². The van der Waals surface area contributed by atoms with Gasteiger partial charge >= 0.3 is 0 Å². The molecule has 1 aromatic heterocycles. The number of anilines is 1. The number of aryl methyl sites for hydroxylation is 1. The minimum Gasteiger partial charge on any atom is -0.508 e. The Labute approximate surface area is 175 Å². The van der Waals surface area contributed by atoms with Crippen LogP contribution in [0.15, 0.2) is 84.0 Å². The highest BCUT2D eigenvalue weighted by Gasteiger charge is 2.13. The van der Waals surface area contributed by atoms with E-state index in [0.717, 1.165) is 33.7 Å². The highest BCUT2D eigenvalue weighted by atomic mass is 16.3. The number of nitrogens with zero attached hydrogens (tertiary/aromatic N) is 4. The van der Waals surface area contributed by atoms with Crippen LogP contribution in [0, 0.1) is 6.92 Å². The van der Waals surface area contributed by atoms with Crippen LogP contribution in [0.25, 0.3) is 22.5 Å². The molecule has 0 saturated carbocycles. The van der Waals surface area contributed by atoms with E-state index in [4.69, 9.17) is 0 Å². The quantitative estimate of drug-likeness (QED) is 0.365. The van der Waals surface area contributed by atoms with E-state index in [1.807, 2.05) is 86.6 Å². The molecule has 0 radical (unpaired) electrons. The Morgan fingerprint density at radius 2 is 1.47 bits per heavy atom. The second-order valence-electron chi connectivity index (χ2n) is 6.87. The summed E-state index contributed by atoms with van der Waals surface area (Å²) in [6.07, 6.45) is 0. The molecule has 148 valence electrons. The van der Waals surface area contributed by atoms with Gasteiger partial charge in [-0.1, -0.05) is 60.7 Å². The zero-order valence-corrected chi connectivity index (χ0v) is 16.7. The summed E-state index contributed by atoms with van der Waals surface area (Å²) in [5.74, 6) is 0.569. The first-order valence-electron chi connectivity index (χ1n) is 9.57. The number of aromatic nitrogens is 3. The lowest BCUT2D eigenvalue weighted by atomic mass is 10.0. The van der Waals surface area contributed by atoms with Gasteiger partial charge in [0.25, 0.3) is 5.95 Å². The van der Waals surface area contributed by atoms with E-state index in [0.29, 0.717) is 11.6 Å². The van der Waals surface area contributed by atoms with Crippen molar-refractivity contribution in [3.8, 4) is 28.3 Å². The lowest BCUT2D eigenvalue weighted by Crippen LogP contribution is -2.05. The number of rotatable bonds is 5. The lowest BCUT2D eigenvalue weighted by molar-refractivity contribution is 0.471. The molecule has 4 rings (SSSR count). The standard InChI is InChI=1S/C24H21N5O/c1-16-15-20(13-14-21(16)30)17(2)26-28-24-25-22(18-9-5-3-6-10-18)23(27-29-24)19-11-7-4-8-12-19/h3-15,30H,1-2H3,(H,25,28,29). The first-order valence-corrected chi connectivity index (χ1v) is 9.57. The molecule has 0 fully saturated rings. The number of hydrogen-bond donors (Lipinski definition) is 2. The summed E-state index contributed by atoms with van der Waals surface area (Å²) in [5, 5.41) is 22.7. The maximum absolute atomic E-state index is 9.71. The third-order valence-corrected chi connectivity index (χ3v) is 4.72. The highest BCUT2D eigenvalue weighted by molar-refractivity contribution is 5.99. The third-order valence-electron chi connectivity index (χ3n) is 4.72. The van der Waals surface area contributed by atoms with Gasteiger partial charge in [-0.2, -0.15) is 5.10 Å². The monoisotopic (exact) mass is 395 g/mol. The van der Waals surface area contributed by atoms with Crippen LogP contribution in [0.2, 0.25) is 0 Å². The van der Waals surface area contributed by atoms with Crippen LogP contribution in [-0.4, -0.2) is 26.0 Å². The van der Waals surface area contributed by atoms with E-state index in [9.17, 15) is 5.11 Å². The van der Waals surface area contributed by atoms with E-state index in [2.05, 4.69) is 25.7 Å². The molecule has 30 heavy (non-hydrogen) atoms. The molecule has 0 atom stereocenters. The van der Waals surface area contributed by atoms with Crippen molar-refractivity contribution in [3.05, 3.63) is 90.0 Å². The Morgan fingerprint density at radius 3 is 2.10 bits per heavy atom. The van der Waals surface area contributed by atoms with Gasteiger partial charge in [0.05, 0.1) is 5.71 Å². The van der Waals surface area contributed by atoms with Gasteiger partial charge in [-0.3, -0.25) is 0 Å². The first-order chi connectivity index (χ1) is 14.6. The van der Waals surface area contributed by atoms with Crippen LogP contribution in [0.4, 0.5) is 5.95 Å². The van der Waals surface area contributed by atoms with Gasteiger partial charge in [-0.15, -0.1) is 10.2 Å².